The molecule has 9 heteroatoms. The monoisotopic (exact) mass is 415 g/mol. The summed E-state index contributed by atoms with van der Waals surface area (Å²) in [6.07, 6.45) is 0.0521. The summed E-state index contributed by atoms with van der Waals surface area (Å²) >= 11 is 19.5. The second kappa shape index (κ2) is 7.66. The molecule has 0 aliphatic carbocycles. The van der Waals surface area contributed by atoms with Gasteiger partial charge in [0.15, 0.2) is 0 Å². The van der Waals surface area contributed by atoms with Gasteiger partial charge in [-0.15, -0.1) is 11.3 Å². The Morgan fingerprint density at radius 3 is 2.64 bits per heavy atom. The lowest BCUT2D eigenvalue weighted by atomic mass is 10.2. The molecule has 0 fully saturated rings. The summed E-state index contributed by atoms with van der Waals surface area (Å²) in [5, 5.41) is 2.95. The second-order valence-electron chi connectivity index (χ2n) is 5.09. The van der Waals surface area contributed by atoms with Gasteiger partial charge >= 0.3 is 0 Å². The normalized spacial score (nSPS) is 10.7. The van der Waals surface area contributed by atoms with Crippen LogP contribution in [-0.2, 0) is 11.2 Å². The van der Waals surface area contributed by atoms with Gasteiger partial charge in [0, 0.05) is 5.02 Å². The number of halogens is 3. The van der Waals surface area contributed by atoms with E-state index in [4.69, 9.17) is 39.2 Å². The fourth-order valence-electron chi connectivity index (χ4n) is 2.09. The van der Waals surface area contributed by atoms with E-state index >= 15 is 0 Å². The Labute approximate surface area is 162 Å². The third kappa shape index (κ3) is 4.27. The number of thiophene rings is 1. The van der Waals surface area contributed by atoms with Crippen LogP contribution < -0.4 is 10.9 Å². The zero-order valence-corrected chi connectivity index (χ0v) is 16.0. The van der Waals surface area contributed by atoms with E-state index in [1.807, 2.05) is 17.5 Å². The Kier molecular flexibility index (Phi) is 5.54. The van der Waals surface area contributed by atoms with Gasteiger partial charge < -0.3 is 4.42 Å². The Hall–Kier alpha value is -1.73. The van der Waals surface area contributed by atoms with Gasteiger partial charge in [0.2, 0.25) is 11.8 Å². The van der Waals surface area contributed by atoms with Crippen molar-refractivity contribution < 1.29 is 9.21 Å². The molecule has 0 unspecified atom stereocenters. The van der Waals surface area contributed by atoms with Gasteiger partial charge in [0.1, 0.15) is 5.76 Å². The average Bonchev–Trinajstić information content (AvgIpc) is 3.16. The van der Waals surface area contributed by atoms with E-state index < -0.39 is 0 Å². The maximum atomic E-state index is 12.2. The largest absolute Gasteiger partial charge is 0.440 e. The highest BCUT2D eigenvalue weighted by molar-refractivity contribution is 7.13. The molecule has 3 aromatic rings. The van der Waals surface area contributed by atoms with Crippen LogP contribution in [0.15, 0.2) is 34.1 Å². The highest BCUT2D eigenvalue weighted by atomic mass is 35.5. The van der Waals surface area contributed by atoms with Crippen LogP contribution in [0.5, 0.6) is 0 Å². The molecule has 0 aliphatic rings. The molecule has 3 rings (SSSR count). The molecule has 0 bridgehead atoms. The Morgan fingerprint density at radius 2 is 2.00 bits per heavy atom. The lowest BCUT2D eigenvalue weighted by Gasteiger charge is -2.11. The fourth-order valence-corrected chi connectivity index (χ4v) is 3.65. The molecule has 0 saturated carbocycles. The van der Waals surface area contributed by atoms with Crippen LogP contribution >= 0.6 is 46.1 Å². The van der Waals surface area contributed by atoms with Crippen molar-refractivity contribution >= 4 is 57.7 Å². The first-order valence-electron chi connectivity index (χ1n) is 7.13. The highest BCUT2D eigenvalue weighted by Gasteiger charge is 2.16. The van der Waals surface area contributed by atoms with Crippen LogP contribution in [0.25, 0.3) is 10.8 Å². The summed E-state index contributed by atoms with van der Waals surface area (Å²) in [5.74, 6) is 0.796. The van der Waals surface area contributed by atoms with Crippen LogP contribution in [-0.4, -0.2) is 10.9 Å². The number of aromatic nitrogens is 1. The molecule has 2 heterocycles. The molecular weight excluding hydrogens is 405 g/mol. The minimum Gasteiger partial charge on any atom is -0.440 e. The second-order valence-corrected chi connectivity index (χ2v) is 7.29. The number of carbonyl (C=O) groups excluding carboxylic acids is 1. The molecular formula is C16H12Cl3N3O2S. The summed E-state index contributed by atoms with van der Waals surface area (Å²) in [6.45, 7) is 1.77. The van der Waals surface area contributed by atoms with Gasteiger partial charge in [-0.05, 0) is 30.5 Å². The zero-order chi connectivity index (χ0) is 18.0. The molecule has 1 amide bonds. The fraction of sp³-hybridized carbons (Fsp3) is 0.125. The maximum absolute atomic E-state index is 12.2. The number of nitrogens with one attached hydrogen (secondary N) is 2. The SMILES string of the molecule is Cc1oc(-c2cccs2)nc1CC(=O)NNc1c(Cl)cc(Cl)cc1Cl. The lowest BCUT2D eigenvalue weighted by Crippen LogP contribution is -2.31. The standard InChI is InChI=1S/C16H12Cl3N3O2S/c1-8-12(20-16(24-8)13-3-2-4-25-13)7-14(23)21-22-15-10(18)5-9(17)6-11(15)19/h2-6,22H,7H2,1H3,(H,21,23). The number of benzene rings is 1. The van der Waals surface area contributed by atoms with E-state index in [0.29, 0.717) is 38.1 Å². The molecule has 5 nitrogen and oxygen atoms in total. The number of nitrogens with zero attached hydrogens (tertiary/aromatic N) is 1. The first kappa shape index (κ1) is 18.1. The van der Waals surface area contributed by atoms with Gasteiger partial charge in [-0.2, -0.15) is 0 Å². The lowest BCUT2D eigenvalue weighted by molar-refractivity contribution is -0.120. The van der Waals surface area contributed by atoms with Gasteiger partial charge in [-0.1, -0.05) is 40.9 Å². The maximum Gasteiger partial charge on any atom is 0.244 e. The smallest absolute Gasteiger partial charge is 0.244 e. The molecule has 1 aromatic carbocycles. The van der Waals surface area contributed by atoms with Crippen LogP contribution in [0.4, 0.5) is 5.69 Å². The van der Waals surface area contributed by atoms with Crippen molar-refractivity contribution in [1.82, 2.24) is 10.4 Å². The zero-order valence-electron chi connectivity index (χ0n) is 12.9. The van der Waals surface area contributed by atoms with E-state index in [1.165, 1.54) is 23.5 Å². The third-order valence-corrected chi connectivity index (χ3v) is 4.96. The highest BCUT2D eigenvalue weighted by Crippen LogP contribution is 2.33. The Balaban J connectivity index is 1.66. The number of rotatable bonds is 5. The van der Waals surface area contributed by atoms with Crippen molar-refractivity contribution in [2.75, 3.05) is 5.43 Å². The topological polar surface area (TPSA) is 67.2 Å². The van der Waals surface area contributed by atoms with Crippen LogP contribution in [0.2, 0.25) is 15.1 Å². The van der Waals surface area contributed by atoms with Crippen molar-refractivity contribution in [2.45, 2.75) is 13.3 Å². The van der Waals surface area contributed by atoms with Crippen molar-refractivity contribution in [3.8, 4) is 10.8 Å². The van der Waals surface area contributed by atoms with Crippen molar-refractivity contribution in [2.24, 2.45) is 0 Å². The van der Waals surface area contributed by atoms with E-state index in [9.17, 15) is 4.79 Å². The predicted molar refractivity (Wildman–Crippen MR) is 101 cm³/mol. The molecule has 0 saturated heterocycles. The van der Waals surface area contributed by atoms with Gasteiger partial charge in [-0.3, -0.25) is 15.6 Å². The van der Waals surface area contributed by atoms with E-state index in [2.05, 4.69) is 15.8 Å². The molecule has 25 heavy (non-hydrogen) atoms. The minimum atomic E-state index is -0.309. The summed E-state index contributed by atoms with van der Waals surface area (Å²) in [6, 6.07) is 6.87. The molecule has 2 aromatic heterocycles. The van der Waals surface area contributed by atoms with E-state index in [1.54, 1.807) is 6.92 Å². The van der Waals surface area contributed by atoms with Crippen LogP contribution in [0.3, 0.4) is 0 Å². The van der Waals surface area contributed by atoms with Crippen molar-refractivity contribution in [1.29, 1.82) is 0 Å². The number of aryl methyl sites for hydroxylation is 1. The average molecular weight is 417 g/mol. The Morgan fingerprint density at radius 1 is 1.28 bits per heavy atom. The molecule has 0 spiro atoms. The summed E-state index contributed by atoms with van der Waals surface area (Å²) in [5.41, 5.74) is 6.18. The Bertz CT molecular complexity index is 886. The van der Waals surface area contributed by atoms with Crippen molar-refractivity contribution in [3.05, 3.63) is 56.2 Å². The van der Waals surface area contributed by atoms with Crippen molar-refractivity contribution in [3.63, 3.8) is 0 Å². The number of carbonyl (C=O) groups is 1. The molecule has 0 aliphatic heterocycles. The summed E-state index contributed by atoms with van der Waals surface area (Å²) in [7, 11) is 0. The van der Waals surface area contributed by atoms with Gasteiger partial charge in [-0.25, -0.2) is 4.98 Å². The number of hydrogen-bond acceptors (Lipinski definition) is 5. The number of hydrazine groups is 1. The summed E-state index contributed by atoms with van der Waals surface area (Å²) in [4.78, 5) is 17.4. The van der Waals surface area contributed by atoms with Gasteiger partial charge in [0.25, 0.3) is 0 Å². The summed E-state index contributed by atoms with van der Waals surface area (Å²) < 4.78 is 5.62. The van der Waals surface area contributed by atoms with E-state index in [0.717, 1.165) is 4.88 Å². The first-order valence-corrected chi connectivity index (χ1v) is 9.15. The predicted octanol–water partition coefficient (Wildman–Crippen LogP) is 5.36. The number of anilines is 1. The van der Waals surface area contributed by atoms with Gasteiger partial charge in [0.05, 0.1) is 32.7 Å². The quantitative estimate of drug-likeness (QED) is 0.550. The molecule has 0 atom stereocenters. The van der Waals surface area contributed by atoms with E-state index in [-0.39, 0.29) is 12.3 Å². The number of hydrogen-bond donors (Lipinski definition) is 2. The molecule has 0 radical (unpaired) electrons. The van der Waals surface area contributed by atoms with Crippen LogP contribution in [0, 0.1) is 6.92 Å². The minimum absolute atomic E-state index is 0.0521. The number of oxazole rings is 1. The third-order valence-electron chi connectivity index (χ3n) is 3.29. The molecule has 2 N–H and O–H groups in total. The van der Waals surface area contributed by atoms with Crippen LogP contribution in [0.1, 0.15) is 11.5 Å². The number of amides is 1. The first-order chi connectivity index (χ1) is 11.9. The molecule has 130 valence electrons.